The number of hydrogen-bond acceptors (Lipinski definition) is 5. The molecule has 3 aliphatic heterocycles. The summed E-state index contributed by atoms with van der Waals surface area (Å²) < 4.78 is 0. The number of carbonyl (C=O) groups is 1. The van der Waals surface area contributed by atoms with Gasteiger partial charge in [-0.25, -0.2) is 0 Å². The summed E-state index contributed by atoms with van der Waals surface area (Å²) in [5.41, 5.74) is 2.17. The van der Waals surface area contributed by atoms with Gasteiger partial charge in [0.2, 0.25) is 5.96 Å². The standard InChI is InChI=1S/C36H52N6O/c1-3-4-18-36-23-32-12-8-9-13-33(32)27-42(36)35(37)41(34(36)43)26-31-16-14-29(15-17-31)24-38-28(2)40-21-19-39(20-22-40)25-30-10-6-5-7-11-30/h5-7,10-11,14-16,31-33,37-38H,2-4,8-9,12-13,17-27H2,1H3. The molecule has 3 heterocycles. The molecule has 4 unspecified atom stereocenters. The van der Waals surface area contributed by atoms with Crippen LogP contribution in [0.1, 0.15) is 70.3 Å². The van der Waals surface area contributed by atoms with Crippen molar-refractivity contribution in [3.8, 4) is 0 Å². The van der Waals surface area contributed by atoms with Gasteiger partial charge in [-0.1, -0.05) is 94.2 Å². The van der Waals surface area contributed by atoms with Gasteiger partial charge in [0.05, 0.1) is 5.82 Å². The molecule has 43 heavy (non-hydrogen) atoms. The van der Waals surface area contributed by atoms with Gasteiger partial charge in [-0.15, -0.1) is 0 Å². The van der Waals surface area contributed by atoms with Gasteiger partial charge in [-0.3, -0.25) is 20.0 Å². The summed E-state index contributed by atoms with van der Waals surface area (Å²) in [6.07, 6.45) is 16.8. The lowest BCUT2D eigenvalue weighted by atomic mass is 9.67. The van der Waals surface area contributed by atoms with Crippen LogP contribution in [0, 0.1) is 23.2 Å². The van der Waals surface area contributed by atoms with Gasteiger partial charge in [0.15, 0.2) is 0 Å². The summed E-state index contributed by atoms with van der Waals surface area (Å²) in [7, 11) is 0. The molecule has 2 aliphatic carbocycles. The van der Waals surface area contributed by atoms with E-state index >= 15 is 0 Å². The van der Waals surface area contributed by atoms with E-state index < -0.39 is 5.54 Å². The average Bonchev–Trinajstić information content (AvgIpc) is 3.24. The Bertz CT molecular complexity index is 1220. The number of allylic oxidation sites excluding steroid dienone is 1. The van der Waals surface area contributed by atoms with Crippen LogP contribution in [0.5, 0.6) is 0 Å². The number of amides is 1. The molecule has 5 aliphatic rings. The molecule has 1 amide bonds. The number of unbranched alkanes of at least 4 members (excludes halogenated alkanes) is 1. The van der Waals surface area contributed by atoms with E-state index in [1.54, 1.807) is 0 Å². The van der Waals surface area contributed by atoms with E-state index in [9.17, 15) is 4.79 Å². The van der Waals surface area contributed by atoms with Crippen molar-refractivity contribution >= 4 is 11.9 Å². The topological polar surface area (TPSA) is 65.9 Å². The minimum Gasteiger partial charge on any atom is -0.368 e. The number of fused-ring (bicyclic) bond motifs is 2. The fourth-order valence-corrected chi connectivity index (χ4v) is 8.26. The van der Waals surface area contributed by atoms with Crippen LogP contribution in [0.25, 0.3) is 0 Å². The maximum Gasteiger partial charge on any atom is 0.255 e. The summed E-state index contributed by atoms with van der Waals surface area (Å²) in [6.45, 7) is 13.9. The summed E-state index contributed by atoms with van der Waals surface area (Å²) in [5, 5.41) is 12.7. The van der Waals surface area contributed by atoms with E-state index in [1.165, 1.54) is 36.8 Å². The highest BCUT2D eigenvalue weighted by molar-refractivity contribution is 6.08. The maximum absolute atomic E-state index is 14.1. The fourth-order valence-electron chi connectivity index (χ4n) is 8.26. The SMILES string of the molecule is C=C(NCC1=CCC(CN2C(=N)N3CC4CCCCC4CC3(CCCC)C2=O)C=C1)N1CCN(Cc2ccccc2)CC1. The number of carbonyl (C=O) groups excluding carboxylic acids is 1. The molecule has 7 heteroatoms. The summed E-state index contributed by atoms with van der Waals surface area (Å²) in [5.74, 6) is 3.23. The zero-order valence-electron chi connectivity index (χ0n) is 26.3. The molecular weight excluding hydrogens is 532 g/mol. The third-order valence-electron chi connectivity index (χ3n) is 10.9. The van der Waals surface area contributed by atoms with Crippen LogP contribution in [0.4, 0.5) is 0 Å². The van der Waals surface area contributed by atoms with Crippen molar-refractivity contribution in [2.45, 2.75) is 76.8 Å². The van der Waals surface area contributed by atoms with Crippen LogP contribution >= 0.6 is 0 Å². The Morgan fingerprint density at radius 3 is 2.58 bits per heavy atom. The molecule has 1 aromatic rings. The average molecular weight is 585 g/mol. The highest BCUT2D eigenvalue weighted by Crippen LogP contribution is 2.48. The molecule has 1 saturated carbocycles. The number of nitrogens with zero attached hydrogens (tertiary/aromatic N) is 4. The largest absolute Gasteiger partial charge is 0.368 e. The molecule has 0 radical (unpaired) electrons. The molecule has 1 aromatic carbocycles. The Balaban J connectivity index is 0.982. The lowest BCUT2D eigenvalue weighted by Crippen LogP contribution is -2.58. The lowest BCUT2D eigenvalue weighted by molar-refractivity contribution is -0.137. The Labute approximate surface area is 259 Å². The molecule has 2 N–H and O–H groups in total. The molecule has 0 spiro atoms. The van der Waals surface area contributed by atoms with Crippen molar-refractivity contribution in [1.82, 2.24) is 24.9 Å². The highest BCUT2D eigenvalue weighted by atomic mass is 16.2. The Hall–Kier alpha value is -3.06. The van der Waals surface area contributed by atoms with E-state index in [2.05, 4.69) is 82.1 Å². The predicted molar refractivity (Wildman–Crippen MR) is 174 cm³/mol. The first kappa shape index (κ1) is 30.0. The zero-order chi connectivity index (χ0) is 29.8. The van der Waals surface area contributed by atoms with Gasteiger partial charge in [0.1, 0.15) is 5.54 Å². The van der Waals surface area contributed by atoms with Gasteiger partial charge >= 0.3 is 0 Å². The molecule has 4 fully saturated rings. The van der Waals surface area contributed by atoms with Crippen molar-refractivity contribution in [3.05, 3.63) is 72.1 Å². The molecule has 232 valence electrons. The highest BCUT2D eigenvalue weighted by Gasteiger charge is 2.59. The minimum absolute atomic E-state index is 0.208. The first-order valence-electron chi connectivity index (χ1n) is 17.0. The van der Waals surface area contributed by atoms with Crippen molar-refractivity contribution in [1.29, 1.82) is 5.41 Å². The Morgan fingerprint density at radius 2 is 1.86 bits per heavy atom. The number of rotatable bonds is 11. The fraction of sp³-hybridized carbons (Fsp3) is 0.611. The molecule has 4 atom stereocenters. The van der Waals surface area contributed by atoms with E-state index in [4.69, 9.17) is 5.41 Å². The van der Waals surface area contributed by atoms with Crippen molar-refractivity contribution in [3.63, 3.8) is 0 Å². The third kappa shape index (κ3) is 6.43. The number of benzene rings is 1. The second kappa shape index (κ2) is 13.3. The maximum atomic E-state index is 14.1. The minimum atomic E-state index is -0.470. The molecule has 0 bridgehead atoms. The van der Waals surface area contributed by atoms with Gasteiger partial charge in [-0.2, -0.15) is 0 Å². The van der Waals surface area contributed by atoms with Crippen LogP contribution in [-0.2, 0) is 11.3 Å². The van der Waals surface area contributed by atoms with Crippen molar-refractivity contribution in [2.75, 3.05) is 45.8 Å². The molecule has 6 rings (SSSR count). The molecule has 7 nitrogen and oxygen atoms in total. The Kier molecular flexibility index (Phi) is 9.27. The van der Waals surface area contributed by atoms with Gasteiger partial charge in [0, 0.05) is 52.4 Å². The molecule has 3 saturated heterocycles. The predicted octanol–water partition coefficient (Wildman–Crippen LogP) is 5.59. The van der Waals surface area contributed by atoms with E-state index in [-0.39, 0.29) is 11.8 Å². The monoisotopic (exact) mass is 584 g/mol. The summed E-state index contributed by atoms with van der Waals surface area (Å²) in [6, 6.07) is 10.7. The van der Waals surface area contributed by atoms with Crippen LogP contribution < -0.4 is 5.32 Å². The number of piperazine rings is 1. The van der Waals surface area contributed by atoms with Crippen LogP contribution in [0.2, 0.25) is 0 Å². The smallest absolute Gasteiger partial charge is 0.255 e. The zero-order valence-corrected chi connectivity index (χ0v) is 26.3. The second-order valence-corrected chi connectivity index (χ2v) is 13.7. The van der Waals surface area contributed by atoms with Gasteiger partial charge in [0.25, 0.3) is 5.91 Å². The normalized spacial score (nSPS) is 29.4. The van der Waals surface area contributed by atoms with Crippen LogP contribution in [0.3, 0.4) is 0 Å². The number of piperidine rings is 1. The quantitative estimate of drug-likeness (QED) is 0.355. The summed E-state index contributed by atoms with van der Waals surface area (Å²) in [4.78, 5) is 23.1. The van der Waals surface area contributed by atoms with Crippen LogP contribution in [0.15, 0.2) is 66.5 Å². The summed E-state index contributed by atoms with van der Waals surface area (Å²) >= 11 is 0. The number of guanidine groups is 1. The third-order valence-corrected chi connectivity index (χ3v) is 10.9. The molecule has 0 aromatic heterocycles. The lowest BCUT2D eigenvalue weighted by Gasteiger charge is -2.49. The van der Waals surface area contributed by atoms with Crippen molar-refractivity contribution < 1.29 is 4.79 Å². The van der Waals surface area contributed by atoms with E-state index in [1.807, 2.05) is 4.90 Å². The van der Waals surface area contributed by atoms with Crippen molar-refractivity contribution in [2.24, 2.45) is 17.8 Å². The number of nitrogens with one attached hydrogen (secondary N) is 2. The number of hydrogen-bond donors (Lipinski definition) is 2. The van der Waals surface area contributed by atoms with Gasteiger partial charge < -0.3 is 15.1 Å². The second-order valence-electron chi connectivity index (χ2n) is 13.7. The molecular formula is C36H52N6O. The first-order chi connectivity index (χ1) is 21.0. The van der Waals surface area contributed by atoms with E-state index in [0.29, 0.717) is 24.3 Å². The van der Waals surface area contributed by atoms with Gasteiger partial charge in [-0.05, 0) is 54.6 Å². The van der Waals surface area contributed by atoms with E-state index in [0.717, 1.165) is 83.7 Å². The van der Waals surface area contributed by atoms with Crippen LogP contribution in [-0.4, -0.2) is 82.8 Å². The Morgan fingerprint density at radius 1 is 1.09 bits per heavy atom. The first-order valence-corrected chi connectivity index (χ1v) is 17.0.